The predicted molar refractivity (Wildman–Crippen MR) is 83.1 cm³/mol. The summed E-state index contributed by atoms with van der Waals surface area (Å²) in [5.74, 6) is -0.979. The van der Waals surface area contributed by atoms with Crippen molar-refractivity contribution < 1.29 is 19.7 Å². The van der Waals surface area contributed by atoms with Crippen molar-refractivity contribution in [1.82, 2.24) is 0 Å². The van der Waals surface area contributed by atoms with E-state index in [0.29, 0.717) is 11.6 Å². The Balaban J connectivity index is 2.37. The van der Waals surface area contributed by atoms with Crippen molar-refractivity contribution in [3.63, 3.8) is 0 Å². The number of carboxylic acids is 1. The highest BCUT2D eigenvalue weighted by molar-refractivity contribution is 7.17. The van der Waals surface area contributed by atoms with Gasteiger partial charge in [0.25, 0.3) is 0 Å². The number of carbonyl (C=O) groups is 1. The van der Waals surface area contributed by atoms with E-state index < -0.39 is 12.3 Å². The first-order valence-corrected chi connectivity index (χ1v) is 7.62. The molecule has 0 bridgehead atoms. The van der Waals surface area contributed by atoms with Gasteiger partial charge < -0.3 is 14.9 Å². The number of aromatic carboxylic acids is 1. The van der Waals surface area contributed by atoms with Gasteiger partial charge in [-0.3, -0.25) is 0 Å². The van der Waals surface area contributed by atoms with Crippen LogP contribution in [0.15, 0.2) is 30.3 Å². The molecule has 0 aliphatic rings. The van der Waals surface area contributed by atoms with Crippen molar-refractivity contribution in [1.29, 1.82) is 0 Å². The van der Waals surface area contributed by atoms with Crippen LogP contribution in [0.5, 0.6) is 0 Å². The number of aliphatic hydroxyl groups excluding tert-OH is 1. The van der Waals surface area contributed by atoms with E-state index in [-0.39, 0.29) is 11.3 Å². The molecule has 0 aliphatic heterocycles. The second kappa shape index (κ2) is 7.04. The summed E-state index contributed by atoms with van der Waals surface area (Å²) in [6.45, 7) is 2.19. The number of benzene rings is 1. The highest BCUT2D eigenvalue weighted by atomic mass is 35.5. The van der Waals surface area contributed by atoms with E-state index >= 15 is 0 Å². The lowest BCUT2D eigenvalue weighted by molar-refractivity contribution is -0.0926. The first-order chi connectivity index (χ1) is 10.0. The van der Waals surface area contributed by atoms with Crippen LogP contribution in [0.4, 0.5) is 0 Å². The Labute approximate surface area is 131 Å². The molecule has 2 rings (SSSR count). The first-order valence-electron chi connectivity index (χ1n) is 6.43. The minimum atomic E-state index is -0.979. The molecule has 2 N–H and O–H groups in total. The summed E-state index contributed by atoms with van der Waals surface area (Å²) in [5.41, 5.74) is 1.62. The predicted octanol–water partition coefficient (Wildman–Crippen LogP) is 3.66. The number of hydrogen-bond donors (Lipinski definition) is 2. The summed E-state index contributed by atoms with van der Waals surface area (Å²) in [5, 5.41) is 19.5. The standard InChI is InChI=1S/C15H15ClO4S/c1-2-20-13(17)8-10-7-12(15(18)19)21-14(10)9-3-5-11(16)6-4-9/h3-7,13,17H,2,8H2,1H3,(H,18,19). The van der Waals surface area contributed by atoms with E-state index in [2.05, 4.69) is 0 Å². The fraction of sp³-hybridized carbons (Fsp3) is 0.267. The van der Waals surface area contributed by atoms with Gasteiger partial charge >= 0.3 is 5.97 Å². The van der Waals surface area contributed by atoms with Gasteiger partial charge in [-0.2, -0.15) is 0 Å². The van der Waals surface area contributed by atoms with Gasteiger partial charge in [0.1, 0.15) is 4.88 Å². The maximum Gasteiger partial charge on any atom is 0.345 e. The highest BCUT2D eigenvalue weighted by Gasteiger charge is 2.17. The zero-order valence-corrected chi connectivity index (χ0v) is 12.9. The van der Waals surface area contributed by atoms with Crippen molar-refractivity contribution >= 4 is 28.9 Å². The fourth-order valence-electron chi connectivity index (χ4n) is 1.97. The topological polar surface area (TPSA) is 66.8 Å². The van der Waals surface area contributed by atoms with Crippen LogP contribution in [0.3, 0.4) is 0 Å². The molecule has 0 aliphatic carbocycles. The molecule has 4 nitrogen and oxygen atoms in total. The molecule has 112 valence electrons. The molecule has 1 heterocycles. The number of carboxylic acid groups (broad SMARTS) is 1. The molecule has 0 fully saturated rings. The summed E-state index contributed by atoms with van der Waals surface area (Å²) in [4.78, 5) is 12.2. The van der Waals surface area contributed by atoms with Gasteiger partial charge in [0.2, 0.25) is 0 Å². The van der Waals surface area contributed by atoms with Gasteiger partial charge in [-0.05, 0) is 36.2 Å². The Hall–Kier alpha value is -1.40. The van der Waals surface area contributed by atoms with Gasteiger partial charge in [0.05, 0.1) is 0 Å². The third-order valence-corrected chi connectivity index (χ3v) is 4.35. The molecule has 0 amide bonds. The monoisotopic (exact) mass is 326 g/mol. The molecule has 0 saturated heterocycles. The normalized spacial score (nSPS) is 12.3. The summed E-state index contributed by atoms with van der Waals surface area (Å²) in [7, 11) is 0. The Morgan fingerprint density at radius 2 is 2.05 bits per heavy atom. The maximum absolute atomic E-state index is 11.2. The second-order valence-electron chi connectivity index (χ2n) is 4.39. The molecule has 1 unspecified atom stereocenters. The number of aliphatic hydroxyl groups is 1. The Morgan fingerprint density at radius 1 is 1.38 bits per heavy atom. The van der Waals surface area contributed by atoms with Crippen molar-refractivity contribution in [3.05, 3.63) is 45.8 Å². The quantitative estimate of drug-likeness (QED) is 0.795. The van der Waals surface area contributed by atoms with E-state index in [1.54, 1.807) is 25.1 Å². The lowest BCUT2D eigenvalue weighted by atomic mass is 10.1. The Kier molecular flexibility index (Phi) is 5.36. The van der Waals surface area contributed by atoms with Crippen LogP contribution >= 0.6 is 22.9 Å². The minimum absolute atomic E-state index is 0.235. The van der Waals surface area contributed by atoms with Crippen LogP contribution in [0.2, 0.25) is 5.02 Å². The average molecular weight is 327 g/mol. The Morgan fingerprint density at radius 3 is 2.62 bits per heavy atom. The minimum Gasteiger partial charge on any atom is -0.477 e. The smallest absolute Gasteiger partial charge is 0.345 e. The third-order valence-electron chi connectivity index (χ3n) is 2.88. The van der Waals surface area contributed by atoms with Crippen LogP contribution < -0.4 is 0 Å². The van der Waals surface area contributed by atoms with E-state index in [1.807, 2.05) is 12.1 Å². The number of hydrogen-bond acceptors (Lipinski definition) is 4. The summed E-state index contributed by atoms with van der Waals surface area (Å²) >= 11 is 7.05. The maximum atomic E-state index is 11.2. The zero-order valence-electron chi connectivity index (χ0n) is 11.4. The summed E-state index contributed by atoms with van der Waals surface area (Å²) in [6, 6.07) is 8.74. The molecule has 1 aromatic heterocycles. The molecule has 1 atom stereocenters. The zero-order chi connectivity index (χ0) is 15.4. The molecule has 0 saturated carbocycles. The van der Waals surface area contributed by atoms with Crippen molar-refractivity contribution in [2.75, 3.05) is 6.61 Å². The highest BCUT2D eigenvalue weighted by Crippen LogP contribution is 2.34. The fourth-order valence-corrected chi connectivity index (χ4v) is 3.13. The van der Waals surface area contributed by atoms with Gasteiger partial charge in [-0.1, -0.05) is 23.7 Å². The number of thiophene rings is 1. The average Bonchev–Trinajstić information content (AvgIpc) is 2.84. The molecule has 21 heavy (non-hydrogen) atoms. The van der Waals surface area contributed by atoms with Crippen LogP contribution in [-0.2, 0) is 11.2 Å². The van der Waals surface area contributed by atoms with Crippen LogP contribution in [0.25, 0.3) is 10.4 Å². The number of ether oxygens (including phenoxy) is 1. The molecule has 1 aromatic carbocycles. The van der Waals surface area contributed by atoms with E-state index in [1.165, 1.54) is 11.3 Å². The van der Waals surface area contributed by atoms with Crippen molar-refractivity contribution in [3.8, 4) is 10.4 Å². The molecule has 2 aromatic rings. The number of rotatable bonds is 6. The van der Waals surface area contributed by atoms with Gasteiger partial charge in [0, 0.05) is 22.9 Å². The Bertz CT molecular complexity index is 621. The lowest BCUT2D eigenvalue weighted by Gasteiger charge is -2.11. The third kappa shape index (κ3) is 4.04. The van der Waals surface area contributed by atoms with Crippen molar-refractivity contribution in [2.24, 2.45) is 0 Å². The van der Waals surface area contributed by atoms with Gasteiger partial charge in [0.15, 0.2) is 6.29 Å². The van der Waals surface area contributed by atoms with E-state index in [0.717, 1.165) is 16.0 Å². The van der Waals surface area contributed by atoms with Gasteiger partial charge in [-0.15, -0.1) is 11.3 Å². The van der Waals surface area contributed by atoms with Crippen LogP contribution in [0.1, 0.15) is 22.2 Å². The van der Waals surface area contributed by atoms with Crippen LogP contribution in [-0.4, -0.2) is 29.1 Å². The largest absolute Gasteiger partial charge is 0.477 e. The second-order valence-corrected chi connectivity index (χ2v) is 5.88. The molecule has 0 radical (unpaired) electrons. The molecular weight excluding hydrogens is 312 g/mol. The van der Waals surface area contributed by atoms with Crippen LogP contribution in [0, 0.1) is 0 Å². The number of halogens is 1. The first kappa shape index (κ1) is 16.0. The SMILES string of the molecule is CCOC(O)Cc1cc(C(=O)O)sc1-c1ccc(Cl)cc1. The van der Waals surface area contributed by atoms with E-state index in [4.69, 9.17) is 21.4 Å². The molecular formula is C15H15ClO4S. The van der Waals surface area contributed by atoms with Gasteiger partial charge in [-0.25, -0.2) is 4.79 Å². The lowest BCUT2D eigenvalue weighted by Crippen LogP contribution is -2.14. The van der Waals surface area contributed by atoms with E-state index in [9.17, 15) is 9.90 Å². The summed E-state index contributed by atoms with van der Waals surface area (Å²) in [6.07, 6.45) is -0.701. The molecule has 0 spiro atoms. The van der Waals surface area contributed by atoms with Crippen molar-refractivity contribution in [2.45, 2.75) is 19.6 Å². The summed E-state index contributed by atoms with van der Waals surface area (Å²) < 4.78 is 5.12. The molecule has 6 heteroatoms.